The van der Waals surface area contributed by atoms with Crippen molar-refractivity contribution in [3.05, 3.63) is 29.5 Å². The molecule has 1 saturated carbocycles. The van der Waals surface area contributed by atoms with Gasteiger partial charge in [0, 0.05) is 6.04 Å². The highest BCUT2D eigenvalue weighted by Crippen LogP contribution is 2.32. The van der Waals surface area contributed by atoms with Crippen molar-refractivity contribution < 1.29 is 10.2 Å². The lowest BCUT2D eigenvalue weighted by Gasteiger charge is -2.25. The standard InChI is InChI=1S/C18H22N4O2S/c1-10-7-11(2)16(14(24)8-10)22-9-15-17(21-22)20-18(25-15)19-12-3-5-13(23)6-4-12/h7-9,12-13,23-24H,3-6H2,1-2H3,(H,19,20,21). The molecule has 0 atom stereocenters. The van der Waals surface area contributed by atoms with E-state index >= 15 is 0 Å². The van der Waals surface area contributed by atoms with Crippen LogP contribution < -0.4 is 5.32 Å². The largest absolute Gasteiger partial charge is 0.506 e. The number of nitrogens with one attached hydrogen (secondary N) is 1. The third kappa shape index (κ3) is 3.21. The third-order valence-corrected chi connectivity index (χ3v) is 5.66. The highest BCUT2D eigenvalue weighted by molar-refractivity contribution is 7.22. The Bertz CT molecular complexity index is 855. The summed E-state index contributed by atoms with van der Waals surface area (Å²) in [5.74, 6) is 0.228. The molecule has 25 heavy (non-hydrogen) atoms. The van der Waals surface area contributed by atoms with E-state index in [4.69, 9.17) is 0 Å². The molecule has 2 heterocycles. The Labute approximate surface area is 150 Å². The Morgan fingerprint density at radius 2 is 1.96 bits per heavy atom. The van der Waals surface area contributed by atoms with Crippen molar-refractivity contribution >= 4 is 26.8 Å². The van der Waals surface area contributed by atoms with Crippen LogP contribution in [0.4, 0.5) is 5.13 Å². The van der Waals surface area contributed by atoms with Crippen molar-refractivity contribution in [3.63, 3.8) is 0 Å². The van der Waals surface area contributed by atoms with Crippen molar-refractivity contribution in [1.29, 1.82) is 0 Å². The summed E-state index contributed by atoms with van der Waals surface area (Å²) < 4.78 is 2.69. The molecule has 2 aromatic heterocycles. The van der Waals surface area contributed by atoms with Gasteiger partial charge in [-0.1, -0.05) is 17.4 Å². The Hall–Kier alpha value is -2.12. The molecule has 1 fully saturated rings. The molecule has 132 valence electrons. The first-order valence-corrected chi connectivity index (χ1v) is 9.42. The highest BCUT2D eigenvalue weighted by atomic mass is 32.1. The summed E-state index contributed by atoms with van der Waals surface area (Å²) in [6.07, 6.45) is 5.39. The number of phenols is 1. The quantitative estimate of drug-likeness (QED) is 0.667. The zero-order chi connectivity index (χ0) is 17.6. The first-order chi connectivity index (χ1) is 12.0. The average molecular weight is 358 g/mol. The van der Waals surface area contributed by atoms with Crippen LogP contribution in [0.1, 0.15) is 36.8 Å². The van der Waals surface area contributed by atoms with Crippen LogP contribution in [0.25, 0.3) is 16.0 Å². The number of hydrogen-bond acceptors (Lipinski definition) is 6. The molecule has 3 aromatic rings. The molecule has 0 radical (unpaired) electrons. The maximum Gasteiger partial charge on any atom is 0.194 e. The van der Waals surface area contributed by atoms with Crippen molar-refractivity contribution in [3.8, 4) is 11.4 Å². The van der Waals surface area contributed by atoms with E-state index in [0.717, 1.165) is 46.6 Å². The molecule has 0 bridgehead atoms. The number of benzene rings is 1. The van der Waals surface area contributed by atoms with Crippen LogP contribution in [0.5, 0.6) is 5.75 Å². The van der Waals surface area contributed by atoms with Gasteiger partial charge in [-0.05, 0) is 56.7 Å². The number of aliphatic hydroxyl groups is 1. The van der Waals surface area contributed by atoms with Gasteiger partial charge in [0.2, 0.25) is 0 Å². The predicted molar refractivity (Wildman–Crippen MR) is 99.8 cm³/mol. The molecule has 0 amide bonds. The van der Waals surface area contributed by atoms with E-state index in [1.807, 2.05) is 26.1 Å². The molecule has 1 aromatic carbocycles. The van der Waals surface area contributed by atoms with E-state index in [-0.39, 0.29) is 11.9 Å². The number of nitrogens with zero attached hydrogens (tertiary/aromatic N) is 3. The van der Waals surface area contributed by atoms with Gasteiger partial charge in [-0.15, -0.1) is 5.10 Å². The number of rotatable bonds is 3. The van der Waals surface area contributed by atoms with E-state index in [1.165, 1.54) is 0 Å². The van der Waals surface area contributed by atoms with Gasteiger partial charge in [0.25, 0.3) is 0 Å². The summed E-state index contributed by atoms with van der Waals surface area (Å²) in [5.41, 5.74) is 3.39. The lowest BCUT2D eigenvalue weighted by atomic mass is 9.93. The van der Waals surface area contributed by atoms with Gasteiger partial charge in [-0.3, -0.25) is 0 Å². The zero-order valence-corrected chi connectivity index (χ0v) is 15.2. The maximum absolute atomic E-state index is 10.3. The van der Waals surface area contributed by atoms with Crippen molar-refractivity contribution in [2.75, 3.05) is 5.32 Å². The van der Waals surface area contributed by atoms with Crippen LogP contribution in [0, 0.1) is 13.8 Å². The molecule has 1 aliphatic carbocycles. The number of aliphatic hydroxyl groups excluding tert-OH is 1. The molecule has 0 aliphatic heterocycles. The molecule has 7 heteroatoms. The average Bonchev–Trinajstić information content (AvgIpc) is 3.07. The molecule has 0 saturated heterocycles. The van der Waals surface area contributed by atoms with E-state index in [1.54, 1.807) is 22.1 Å². The number of phenolic OH excluding ortho intramolecular Hbond substituents is 1. The van der Waals surface area contributed by atoms with Gasteiger partial charge >= 0.3 is 0 Å². The molecule has 3 N–H and O–H groups in total. The molecule has 0 unspecified atom stereocenters. The number of hydrogen-bond donors (Lipinski definition) is 3. The minimum atomic E-state index is -0.151. The fraction of sp³-hybridized carbons (Fsp3) is 0.444. The number of fused-ring (bicyclic) bond motifs is 1. The Morgan fingerprint density at radius 3 is 2.64 bits per heavy atom. The van der Waals surface area contributed by atoms with Gasteiger partial charge in [-0.25, -0.2) is 4.68 Å². The summed E-state index contributed by atoms with van der Waals surface area (Å²) in [5, 5.41) is 28.7. The Balaban J connectivity index is 1.58. The number of aromatic nitrogens is 3. The molecule has 0 spiro atoms. The minimum absolute atomic E-state index is 0.151. The minimum Gasteiger partial charge on any atom is -0.506 e. The fourth-order valence-electron chi connectivity index (χ4n) is 3.53. The third-order valence-electron chi connectivity index (χ3n) is 4.75. The first-order valence-electron chi connectivity index (χ1n) is 8.61. The summed E-state index contributed by atoms with van der Waals surface area (Å²) in [6.45, 7) is 3.93. The van der Waals surface area contributed by atoms with E-state index < -0.39 is 0 Å². The number of anilines is 1. The highest BCUT2D eigenvalue weighted by Gasteiger charge is 2.21. The maximum atomic E-state index is 10.3. The normalized spacial score (nSPS) is 20.9. The number of aryl methyl sites for hydroxylation is 2. The monoisotopic (exact) mass is 358 g/mol. The first kappa shape index (κ1) is 16.4. The molecular formula is C18H22N4O2S. The van der Waals surface area contributed by atoms with Crippen molar-refractivity contribution in [2.24, 2.45) is 0 Å². The number of thiazole rings is 1. The van der Waals surface area contributed by atoms with E-state index in [0.29, 0.717) is 17.4 Å². The topological polar surface area (TPSA) is 83.2 Å². The van der Waals surface area contributed by atoms with Crippen LogP contribution in [-0.4, -0.2) is 37.1 Å². The SMILES string of the molecule is Cc1cc(C)c(-n2cc3sc(NC4CCC(O)CC4)nc3n2)c(O)c1. The molecule has 4 rings (SSSR count). The zero-order valence-electron chi connectivity index (χ0n) is 14.4. The Morgan fingerprint density at radius 1 is 1.20 bits per heavy atom. The van der Waals surface area contributed by atoms with Gasteiger partial charge in [0.1, 0.15) is 11.4 Å². The smallest absolute Gasteiger partial charge is 0.194 e. The van der Waals surface area contributed by atoms with Crippen LogP contribution >= 0.6 is 11.3 Å². The Kier molecular flexibility index (Phi) is 4.13. The van der Waals surface area contributed by atoms with Crippen LogP contribution in [0.3, 0.4) is 0 Å². The second-order valence-electron chi connectivity index (χ2n) is 6.88. The predicted octanol–water partition coefficient (Wildman–Crippen LogP) is 3.52. The molecule has 1 aliphatic rings. The fourth-order valence-corrected chi connectivity index (χ4v) is 4.42. The summed E-state index contributed by atoms with van der Waals surface area (Å²) >= 11 is 1.57. The summed E-state index contributed by atoms with van der Waals surface area (Å²) in [7, 11) is 0. The summed E-state index contributed by atoms with van der Waals surface area (Å²) in [6, 6.07) is 4.15. The lowest BCUT2D eigenvalue weighted by Crippen LogP contribution is -2.28. The number of aromatic hydroxyl groups is 1. The van der Waals surface area contributed by atoms with Crippen molar-refractivity contribution in [2.45, 2.75) is 51.7 Å². The van der Waals surface area contributed by atoms with Gasteiger partial charge in [-0.2, -0.15) is 4.98 Å². The summed E-state index contributed by atoms with van der Waals surface area (Å²) in [4.78, 5) is 4.58. The van der Waals surface area contributed by atoms with Crippen LogP contribution in [0.2, 0.25) is 0 Å². The van der Waals surface area contributed by atoms with Crippen LogP contribution in [0.15, 0.2) is 18.3 Å². The lowest BCUT2D eigenvalue weighted by molar-refractivity contribution is 0.126. The molecular weight excluding hydrogens is 336 g/mol. The molecule has 6 nitrogen and oxygen atoms in total. The van der Waals surface area contributed by atoms with Crippen molar-refractivity contribution in [1.82, 2.24) is 14.8 Å². The van der Waals surface area contributed by atoms with Gasteiger partial charge in [0.15, 0.2) is 10.8 Å². The second-order valence-corrected chi connectivity index (χ2v) is 7.91. The van der Waals surface area contributed by atoms with Gasteiger partial charge < -0.3 is 15.5 Å². The van der Waals surface area contributed by atoms with E-state index in [9.17, 15) is 10.2 Å². The van der Waals surface area contributed by atoms with E-state index in [2.05, 4.69) is 15.4 Å². The van der Waals surface area contributed by atoms with Gasteiger partial charge in [0.05, 0.1) is 17.0 Å². The van der Waals surface area contributed by atoms with Crippen LogP contribution in [-0.2, 0) is 0 Å². The second kappa shape index (κ2) is 6.31.